The molecule has 0 radical (unpaired) electrons. The van der Waals surface area contributed by atoms with Crippen molar-refractivity contribution in [3.8, 4) is 11.5 Å². The smallest absolute Gasteiger partial charge is 0.229 e. The molecule has 0 bridgehead atoms. The third-order valence-electron chi connectivity index (χ3n) is 3.59. The highest BCUT2D eigenvalue weighted by molar-refractivity contribution is 5.96. The molecule has 0 aliphatic rings. The molecule has 0 saturated carbocycles. The van der Waals surface area contributed by atoms with E-state index in [0.29, 0.717) is 24.6 Å². The zero-order valence-electron chi connectivity index (χ0n) is 14.4. The molecular weight excluding hydrogens is 320 g/mol. The van der Waals surface area contributed by atoms with Gasteiger partial charge < -0.3 is 20.1 Å². The number of carbonyl (C=O) groups is 2. The molecule has 0 atom stereocenters. The summed E-state index contributed by atoms with van der Waals surface area (Å²) in [4.78, 5) is 23.7. The Morgan fingerprint density at radius 3 is 2.00 bits per heavy atom. The quantitative estimate of drug-likeness (QED) is 0.720. The summed E-state index contributed by atoms with van der Waals surface area (Å²) >= 11 is 0. The molecule has 0 heterocycles. The van der Waals surface area contributed by atoms with E-state index in [1.807, 2.05) is 36.4 Å². The van der Waals surface area contributed by atoms with Crippen LogP contribution in [0.4, 0.5) is 0 Å². The van der Waals surface area contributed by atoms with Gasteiger partial charge in [0.25, 0.3) is 0 Å². The number of benzene rings is 2. The Balaban J connectivity index is 1.77. The first kappa shape index (κ1) is 18.3. The van der Waals surface area contributed by atoms with Crippen LogP contribution in [0.15, 0.2) is 48.5 Å². The molecule has 2 amide bonds. The molecule has 2 aromatic rings. The number of amides is 2. The zero-order chi connectivity index (χ0) is 18.1. The van der Waals surface area contributed by atoms with E-state index >= 15 is 0 Å². The summed E-state index contributed by atoms with van der Waals surface area (Å²) in [6.07, 6.45) is -0.208. The monoisotopic (exact) mass is 342 g/mol. The number of hydrogen-bond donors (Lipinski definition) is 2. The Morgan fingerprint density at radius 1 is 0.800 bits per heavy atom. The number of nitrogens with one attached hydrogen (secondary N) is 2. The van der Waals surface area contributed by atoms with Crippen molar-refractivity contribution in [3.63, 3.8) is 0 Å². The Hall–Kier alpha value is -3.02. The SMILES string of the molecule is COc1ccc(CNC(=O)CC(=O)NCc2ccccc2)cc1OC. The molecule has 6 nitrogen and oxygen atoms in total. The molecule has 2 aromatic carbocycles. The third-order valence-corrected chi connectivity index (χ3v) is 3.59. The Kier molecular flexibility index (Phi) is 6.83. The van der Waals surface area contributed by atoms with E-state index in [0.717, 1.165) is 11.1 Å². The van der Waals surface area contributed by atoms with E-state index < -0.39 is 0 Å². The molecular formula is C19H22N2O4. The maximum Gasteiger partial charge on any atom is 0.229 e. The highest BCUT2D eigenvalue weighted by Crippen LogP contribution is 2.27. The summed E-state index contributed by atoms with van der Waals surface area (Å²) in [5.74, 6) is 0.571. The van der Waals surface area contributed by atoms with Crippen LogP contribution < -0.4 is 20.1 Å². The van der Waals surface area contributed by atoms with Crippen LogP contribution in [-0.4, -0.2) is 26.0 Å². The lowest BCUT2D eigenvalue weighted by Crippen LogP contribution is -2.31. The molecule has 25 heavy (non-hydrogen) atoms. The molecule has 2 rings (SSSR count). The standard InChI is InChI=1S/C19H22N2O4/c1-24-16-9-8-15(10-17(16)25-2)13-21-19(23)11-18(22)20-12-14-6-4-3-5-7-14/h3-10H,11-13H2,1-2H3,(H,20,22)(H,21,23). The van der Waals surface area contributed by atoms with Gasteiger partial charge in [-0.1, -0.05) is 36.4 Å². The Morgan fingerprint density at radius 2 is 1.40 bits per heavy atom. The van der Waals surface area contributed by atoms with Crippen molar-refractivity contribution >= 4 is 11.8 Å². The van der Waals surface area contributed by atoms with E-state index in [1.165, 1.54) is 0 Å². The molecule has 0 aliphatic carbocycles. The zero-order valence-corrected chi connectivity index (χ0v) is 14.4. The summed E-state index contributed by atoms with van der Waals surface area (Å²) in [6, 6.07) is 14.9. The number of hydrogen-bond acceptors (Lipinski definition) is 4. The van der Waals surface area contributed by atoms with Crippen molar-refractivity contribution in [2.24, 2.45) is 0 Å². The van der Waals surface area contributed by atoms with Crippen molar-refractivity contribution < 1.29 is 19.1 Å². The van der Waals surface area contributed by atoms with Gasteiger partial charge in [-0.25, -0.2) is 0 Å². The van der Waals surface area contributed by atoms with Gasteiger partial charge in [-0.2, -0.15) is 0 Å². The third kappa shape index (κ3) is 5.84. The van der Waals surface area contributed by atoms with Gasteiger partial charge in [0.1, 0.15) is 6.42 Å². The van der Waals surface area contributed by atoms with Crippen LogP contribution in [0, 0.1) is 0 Å². The van der Waals surface area contributed by atoms with Crippen molar-refractivity contribution in [1.29, 1.82) is 0 Å². The molecule has 0 aliphatic heterocycles. The highest BCUT2D eigenvalue weighted by atomic mass is 16.5. The van der Waals surface area contributed by atoms with Gasteiger partial charge in [-0.05, 0) is 23.3 Å². The molecule has 6 heteroatoms. The fraction of sp³-hybridized carbons (Fsp3) is 0.263. The normalized spacial score (nSPS) is 10.0. The minimum absolute atomic E-state index is 0.208. The second-order valence-electron chi connectivity index (χ2n) is 5.41. The fourth-order valence-corrected chi connectivity index (χ4v) is 2.26. The first-order valence-electron chi connectivity index (χ1n) is 7.90. The van der Waals surface area contributed by atoms with Crippen molar-refractivity contribution in [1.82, 2.24) is 10.6 Å². The first-order valence-corrected chi connectivity index (χ1v) is 7.90. The lowest BCUT2D eigenvalue weighted by molar-refractivity contribution is -0.129. The molecule has 0 saturated heterocycles. The van der Waals surface area contributed by atoms with Gasteiger partial charge in [0.05, 0.1) is 14.2 Å². The minimum Gasteiger partial charge on any atom is -0.493 e. The number of rotatable bonds is 8. The van der Waals surface area contributed by atoms with Crippen LogP contribution in [0.5, 0.6) is 11.5 Å². The van der Waals surface area contributed by atoms with E-state index in [2.05, 4.69) is 10.6 Å². The van der Waals surface area contributed by atoms with Crippen molar-refractivity contribution in [2.45, 2.75) is 19.5 Å². The molecule has 0 fully saturated rings. The second-order valence-corrected chi connectivity index (χ2v) is 5.41. The molecule has 0 spiro atoms. The molecule has 2 N–H and O–H groups in total. The summed E-state index contributed by atoms with van der Waals surface area (Å²) in [7, 11) is 3.12. The Labute approximate surface area is 147 Å². The van der Waals surface area contributed by atoms with Crippen LogP contribution in [0.25, 0.3) is 0 Å². The summed E-state index contributed by atoms with van der Waals surface area (Å²) in [5, 5.41) is 5.45. The van der Waals surface area contributed by atoms with Gasteiger partial charge in [0.2, 0.25) is 11.8 Å². The van der Waals surface area contributed by atoms with Gasteiger partial charge in [0.15, 0.2) is 11.5 Å². The van der Waals surface area contributed by atoms with Gasteiger partial charge in [-0.15, -0.1) is 0 Å². The number of ether oxygens (including phenoxy) is 2. The van der Waals surface area contributed by atoms with Crippen LogP contribution in [0.3, 0.4) is 0 Å². The lowest BCUT2D eigenvalue weighted by Gasteiger charge is -2.10. The average molecular weight is 342 g/mol. The van der Waals surface area contributed by atoms with Gasteiger partial charge in [-0.3, -0.25) is 9.59 Å². The Bertz CT molecular complexity index is 717. The molecule has 132 valence electrons. The predicted octanol–water partition coefficient (Wildman–Crippen LogP) is 2.03. The maximum absolute atomic E-state index is 11.9. The first-order chi connectivity index (χ1) is 12.1. The van der Waals surface area contributed by atoms with Crippen LogP contribution >= 0.6 is 0 Å². The van der Waals surface area contributed by atoms with E-state index in [-0.39, 0.29) is 18.2 Å². The predicted molar refractivity (Wildman–Crippen MR) is 94.3 cm³/mol. The lowest BCUT2D eigenvalue weighted by atomic mass is 10.2. The maximum atomic E-state index is 11.9. The summed E-state index contributed by atoms with van der Waals surface area (Å²) < 4.78 is 10.4. The van der Waals surface area contributed by atoms with Gasteiger partial charge >= 0.3 is 0 Å². The second kappa shape index (κ2) is 9.32. The highest BCUT2D eigenvalue weighted by Gasteiger charge is 2.10. The number of methoxy groups -OCH3 is 2. The molecule has 0 aromatic heterocycles. The minimum atomic E-state index is -0.333. The van der Waals surface area contributed by atoms with E-state index in [4.69, 9.17) is 9.47 Å². The van der Waals surface area contributed by atoms with Crippen LogP contribution in [0.2, 0.25) is 0 Å². The van der Waals surface area contributed by atoms with Crippen LogP contribution in [0.1, 0.15) is 17.5 Å². The average Bonchev–Trinajstić information content (AvgIpc) is 2.65. The van der Waals surface area contributed by atoms with E-state index in [1.54, 1.807) is 26.4 Å². The fourth-order valence-electron chi connectivity index (χ4n) is 2.26. The summed E-state index contributed by atoms with van der Waals surface area (Å²) in [5.41, 5.74) is 1.84. The van der Waals surface area contributed by atoms with E-state index in [9.17, 15) is 9.59 Å². The van der Waals surface area contributed by atoms with Crippen LogP contribution in [-0.2, 0) is 22.7 Å². The van der Waals surface area contributed by atoms with Crippen molar-refractivity contribution in [2.75, 3.05) is 14.2 Å². The van der Waals surface area contributed by atoms with Crippen molar-refractivity contribution in [3.05, 3.63) is 59.7 Å². The topological polar surface area (TPSA) is 76.7 Å². The number of carbonyl (C=O) groups excluding carboxylic acids is 2. The molecule has 0 unspecified atom stereocenters. The largest absolute Gasteiger partial charge is 0.493 e. The summed E-state index contributed by atoms with van der Waals surface area (Å²) in [6.45, 7) is 0.716. The van der Waals surface area contributed by atoms with Gasteiger partial charge in [0, 0.05) is 13.1 Å².